The zero-order valence-electron chi connectivity index (χ0n) is 22.5. The molecule has 2 aromatic heterocycles. The Morgan fingerprint density at radius 1 is 1.21 bits per heavy atom. The van der Waals surface area contributed by atoms with Crippen LogP contribution in [0.2, 0.25) is 5.15 Å². The number of likely N-dealkylation sites (tertiary alicyclic amines) is 1. The van der Waals surface area contributed by atoms with Crippen molar-refractivity contribution in [2.24, 2.45) is 0 Å². The van der Waals surface area contributed by atoms with Gasteiger partial charge in [-0.2, -0.15) is 0 Å². The van der Waals surface area contributed by atoms with Gasteiger partial charge in [0.15, 0.2) is 0 Å². The van der Waals surface area contributed by atoms with Crippen LogP contribution in [-0.4, -0.2) is 75.5 Å². The summed E-state index contributed by atoms with van der Waals surface area (Å²) >= 11 is 5.97. The Morgan fingerprint density at radius 3 is 2.51 bits per heavy atom. The Kier molecular flexibility index (Phi) is 8.44. The lowest BCUT2D eigenvalue weighted by Gasteiger charge is -2.38. The minimum absolute atomic E-state index is 0.120. The van der Waals surface area contributed by atoms with Crippen molar-refractivity contribution in [1.82, 2.24) is 25.1 Å². The zero-order valence-corrected chi connectivity index (χ0v) is 23.2. The minimum Gasteiger partial charge on any atom is -0.444 e. The molecule has 1 aliphatic rings. The molecule has 0 aliphatic carbocycles. The highest BCUT2D eigenvalue weighted by molar-refractivity contribution is 6.30. The summed E-state index contributed by atoms with van der Waals surface area (Å²) in [6, 6.07) is 8.10. The molecule has 0 bridgehead atoms. The number of carbonyl (C=O) groups is 3. The van der Waals surface area contributed by atoms with Crippen LogP contribution in [0.15, 0.2) is 42.6 Å². The number of H-pyrrole nitrogens is 1. The van der Waals surface area contributed by atoms with E-state index in [-0.39, 0.29) is 36.0 Å². The van der Waals surface area contributed by atoms with Gasteiger partial charge in [-0.1, -0.05) is 23.7 Å². The smallest absolute Gasteiger partial charge is 0.410 e. The average molecular weight is 558 g/mol. The molecule has 0 radical (unpaired) electrons. The lowest BCUT2D eigenvalue weighted by atomic mass is 10.0. The second-order valence-corrected chi connectivity index (χ2v) is 11.2. The summed E-state index contributed by atoms with van der Waals surface area (Å²) in [5, 5.41) is 3.87. The van der Waals surface area contributed by atoms with Gasteiger partial charge in [0.2, 0.25) is 5.91 Å². The van der Waals surface area contributed by atoms with Gasteiger partial charge in [0.05, 0.1) is 11.7 Å². The molecule has 9 nitrogen and oxygen atoms in total. The van der Waals surface area contributed by atoms with Crippen LogP contribution in [0.5, 0.6) is 0 Å². The molecule has 11 heteroatoms. The monoisotopic (exact) mass is 557 g/mol. The van der Waals surface area contributed by atoms with Crippen molar-refractivity contribution in [3.8, 4) is 0 Å². The number of halogens is 2. The van der Waals surface area contributed by atoms with E-state index >= 15 is 0 Å². The van der Waals surface area contributed by atoms with Gasteiger partial charge in [-0.05, 0) is 63.4 Å². The molecule has 0 spiro atoms. The van der Waals surface area contributed by atoms with Gasteiger partial charge in [0.1, 0.15) is 28.3 Å². The average Bonchev–Trinajstić information content (AvgIpc) is 3.31. The molecule has 3 amide bonds. The Morgan fingerprint density at radius 2 is 1.87 bits per heavy atom. The predicted molar refractivity (Wildman–Crippen MR) is 146 cm³/mol. The zero-order chi connectivity index (χ0) is 28.3. The third kappa shape index (κ3) is 7.26. The number of benzene rings is 1. The Bertz CT molecular complexity index is 1350. The van der Waals surface area contributed by atoms with Crippen LogP contribution in [-0.2, 0) is 16.0 Å². The van der Waals surface area contributed by atoms with Crippen LogP contribution in [0.25, 0.3) is 10.9 Å². The quantitative estimate of drug-likeness (QED) is 0.432. The van der Waals surface area contributed by atoms with Crippen LogP contribution < -0.4 is 5.32 Å². The number of nitrogens with one attached hydrogen (secondary N) is 2. The van der Waals surface area contributed by atoms with E-state index in [0.29, 0.717) is 42.2 Å². The standard InChI is InChI=1S/C28H33ClFN5O4/c1-28(2,3)39-27(38)35-11-9-20(10-12-35)34(4)26(37)22(13-17-5-7-19(30)8-6-17)33-25(36)21-14-18-15-24(29)31-16-23(18)32-21/h5-8,14-16,20,22,32H,9-13H2,1-4H3,(H,33,36)/t22-/m0/s1. The highest BCUT2D eigenvalue weighted by atomic mass is 35.5. The van der Waals surface area contributed by atoms with Crippen LogP contribution in [0.1, 0.15) is 49.7 Å². The van der Waals surface area contributed by atoms with Crippen molar-refractivity contribution in [1.29, 1.82) is 0 Å². The molecule has 208 valence electrons. The molecule has 39 heavy (non-hydrogen) atoms. The number of carbonyl (C=O) groups excluding carboxylic acids is 3. The summed E-state index contributed by atoms with van der Waals surface area (Å²) in [6.07, 6.45) is 2.50. The first-order valence-corrected chi connectivity index (χ1v) is 13.2. The van der Waals surface area contributed by atoms with Crippen LogP contribution in [0.3, 0.4) is 0 Å². The number of hydrogen-bond acceptors (Lipinski definition) is 5. The van der Waals surface area contributed by atoms with E-state index in [1.165, 1.54) is 18.3 Å². The molecule has 1 saturated heterocycles. The number of amides is 3. The number of pyridine rings is 1. The first kappa shape index (κ1) is 28.4. The second-order valence-electron chi connectivity index (χ2n) is 10.8. The summed E-state index contributed by atoms with van der Waals surface area (Å²) in [5.41, 5.74) is 1.02. The number of aromatic amines is 1. The van der Waals surface area contributed by atoms with E-state index in [9.17, 15) is 18.8 Å². The van der Waals surface area contributed by atoms with Gasteiger partial charge in [0, 0.05) is 38.0 Å². The third-order valence-corrected chi connectivity index (χ3v) is 6.89. The number of rotatable bonds is 6. The van der Waals surface area contributed by atoms with E-state index in [1.807, 2.05) is 20.8 Å². The third-order valence-electron chi connectivity index (χ3n) is 6.68. The Balaban J connectivity index is 1.47. The summed E-state index contributed by atoms with van der Waals surface area (Å²) in [7, 11) is 1.70. The van der Waals surface area contributed by atoms with E-state index in [4.69, 9.17) is 16.3 Å². The molecule has 1 aliphatic heterocycles. The number of fused-ring (bicyclic) bond motifs is 1. The van der Waals surface area contributed by atoms with Gasteiger partial charge < -0.3 is 24.8 Å². The summed E-state index contributed by atoms with van der Waals surface area (Å²) in [4.78, 5) is 49.6. The van der Waals surface area contributed by atoms with Gasteiger partial charge in [-0.3, -0.25) is 9.59 Å². The van der Waals surface area contributed by atoms with Gasteiger partial charge in [-0.15, -0.1) is 0 Å². The highest BCUT2D eigenvalue weighted by Crippen LogP contribution is 2.21. The van der Waals surface area contributed by atoms with Gasteiger partial charge >= 0.3 is 6.09 Å². The number of aromatic nitrogens is 2. The Labute approximate surface area is 231 Å². The van der Waals surface area contributed by atoms with Crippen molar-refractivity contribution in [3.05, 3.63) is 64.8 Å². The van der Waals surface area contributed by atoms with Crippen molar-refractivity contribution in [3.63, 3.8) is 0 Å². The van der Waals surface area contributed by atoms with E-state index in [1.54, 1.807) is 41.1 Å². The van der Waals surface area contributed by atoms with Crippen molar-refractivity contribution >= 4 is 40.4 Å². The molecule has 1 atom stereocenters. The topological polar surface area (TPSA) is 108 Å². The number of nitrogens with zero attached hydrogens (tertiary/aromatic N) is 3. The first-order chi connectivity index (χ1) is 18.4. The van der Waals surface area contributed by atoms with Crippen LogP contribution >= 0.6 is 11.6 Å². The van der Waals surface area contributed by atoms with E-state index in [2.05, 4.69) is 15.3 Å². The van der Waals surface area contributed by atoms with Crippen LogP contribution in [0.4, 0.5) is 9.18 Å². The molecule has 4 rings (SSSR count). The summed E-state index contributed by atoms with van der Waals surface area (Å²) in [5.74, 6) is -1.12. The largest absolute Gasteiger partial charge is 0.444 e. The lowest BCUT2D eigenvalue weighted by molar-refractivity contribution is -0.134. The normalized spacial score (nSPS) is 15.2. The first-order valence-electron chi connectivity index (χ1n) is 12.8. The molecule has 1 aromatic carbocycles. The molecule has 0 saturated carbocycles. The van der Waals surface area contributed by atoms with E-state index in [0.717, 1.165) is 5.39 Å². The molecule has 3 heterocycles. The van der Waals surface area contributed by atoms with Gasteiger partial charge in [0.25, 0.3) is 5.91 Å². The number of ether oxygens (including phenoxy) is 1. The fraction of sp³-hybridized carbons (Fsp3) is 0.429. The van der Waals surface area contributed by atoms with Crippen molar-refractivity contribution in [2.75, 3.05) is 20.1 Å². The maximum atomic E-state index is 13.7. The number of likely N-dealkylation sites (N-methyl/N-ethyl adjacent to an activating group) is 1. The van der Waals surface area contributed by atoms with Crippen LogP contribution in [0, 0.1) is 5.82 Å². The van der Waals surface area contributed by atoms with E-state index < -0.39 is 17.6 Å². The summed E-state index contributed by atoms with van der Waals surface area (Å²) < 4.78 is 19.0. The van der Waals surface area contributed by atoms with Crippen molar-refractivity contribution < 1.29 is 23.5 Å². The fourth-order valence-electron chi connectivity index (χ4n) is 4.61. The number of hydrogen-bond donors (Lipinski definition) is 2. The SMILES string of the molecule is CN(C(=O)[C@H](Cc1ccc(F)cc1)NC(=O)c1cc2cc(Cl)ncc2[nH]1)C1CCN(C(=O)OC(C)(C)C)CC1. The molecular formula is C28H33ClFN5O4. The predicted octanol–water partition coefficient (Wildman–Crippen LogP) is 4.55. The maximum Gasteiger partial charge on any atom is 0.410 e. The molecule has 1 fully saturated rings. The maximum absolute atomic E-state index is 13.7. The molecule has 0 unspecified atom stereocenters. The summed E-state index contributed by atoms with van der Waals surface area (Å²) in [6.45, 7) is 6.38. The fourth-order valence-corrected chi connectivity index (χ4v) is 4.77. The molecular weight excluding hydrogens is 525 g/mol. The second kappa shape index (κ2) is 11.6. The van der Waals surface area contributed by atoms with Crippen molar-refractivity contribution in [2.45, 2.75) is 57.7 Å². The lowest BCUT2D eigenvalue weighted by Crippen LogP contribution is -2.54. The molecule has 2 N–H and O–H groups in total. The minimum atomic E-state index is -0.898. The highest BCUT2D eigenvalue weighted by Gasteiger charge is 2.33. The number of piperidine rings is 1. The van der Waals surface area contributed by atoms with Gasteiger partial charge in [-0.25, -0.2) is 14.2 Å². The molecule has 3 aromatic rings. The Hall–Kier alpha value is -3.66.